The molecule has 0 aromatic heterocycles. The van der Waals surface area contributed by atoms with E-state index >= 15 is 0 Å². The molecule has 0 N–H and O–H groups in total. The van der Waals surface area contributed by atoms with Crippen LogP contribution in [0.15, 0.2) is 12.2 Å². The van der Waals surface area contributed by atoms with Crippen LogP contribution in [0.25, 0.3) is 0 Å². The van der Waals surface area contributed by atoms with Gasteiger partial charge in [0.1, 0.15) is 5.78 Å². The van der Waals surface area contributed by atoms with Gasteiger partial charge in [0.2, 0.25) is 0 Å². The Morgan fingerprint density at radius 1 is 1.40 bits per heavy atom. The van der Waals surface area contributed by atoms with E-state index in [2.05, 4.69) is 0 Å². The molecule has 0 saturated carbocycles. The van der Waals surface area contributed by atoms with E-state index in [-0.39, 0.29) is 18.0 Å². The molecule has 2 nitrogen and oxygen atoms in total. The maximum atomic E-state index is 10.7. The zero-order valence-corrected chi connectivity index (χ0v) is 6.39. The summed E-state index contributed by atoms with van der Waals surface area (Å²) in [5.41, 5.74) is 0. The van der Waals surface area contributed by atoms with Crippen LogP contribution in [0.5, 0.6) is 0 Å². The molecular formula is C8H12O2. The SMILES string of the molecule is CCC=CC(=O)CC(C)=O. The lowest BCUT2D eigenvalue weighted by Gasteiger charge is -1.86. The summed E-state index contributed by atoms with van der Waals surface area (Å²) in [5, 5.41) is 0. The second-order valence-corrected chi connectivity index (χ2v) is 2.16. The van der Waals surface area contributed by atoms with Crippen molar-refractivity contribution in [2.75, 3.05) is 0 Å². The first-order chi connectivity index (χ1) is 4.66. The summed E-state index contributed by atoms with van der Waals surface area (Å²) in [6, 6.07) is 0. The molecule has 0 aliphatic carbocycles. The molecule has 0 unspecified atom stereocenters. The molecule has 0 rings (SSSR count). The van der Waals surface area contributed by atoms with Gasteiger partial charge in [0, 0.05) is 0 Å². The number of ketones is 2. The third-order valence-electron chi connectivity index (χ3n) is 0.963. The number of rotatable bonds is 4. The normalized spacial score (nSPS) is 10.2. The van der Waals surface area contributed by atoms with E-state index < -0.39 is 0 Å². The maximum Gasteiger partial charge on any atom is 0.162 e. The van der Waals surface area contributed by atoms with Crippen LogP contribution in [-0.4, -0.2) is 11.6 Å². The molecule has 0 aromatic carbocycles. The first kappa shape index (κ1) is 9.08. The van der Waals surface area contributed by atoms with Gasteiger partial charge < -0.3 is 0 Å². The fraction of sp³-hybridized carbons (Fsp3) is 0.500. The van der Waals surface area contributed by atoms with Gasteiger partial charge in [-0.15, -0.1) is 0 Å². The Morgan fingerprint density at radius 2 is 2.00 bits per heavy atom. The van der Waals surface area contributed by atoms with Gasteiger partial charge in [0.15, 0.2) is 5.78 Å². The summed E-state index contributed by atoms with van der Waals surface area (Å²) >= 11 is 0. The lowest BCUT2D eigenvalue weighted by Crippen LogP contribution is -1.99. The maximum absolute atomic E-state index is 10.7. The quantitative estimate of drug-likeness (QED) is 0.438. The topological polar surface area (TPSA) is 34.1 Å². The highest BCUT2D eigenvalue weighted by molar-refractivity contribution is 6.03. The summed E-state index contributed by atoms with van der Waals surface area (Å²) < 4.78 is 0. The molecule has 0 bridgehead atoms. The third-order valence-corrected chi connectivity index (χ3v) is 0.963. The predicted molar refractivity (Wildman–Crippen MR) is 39.7 cm³/mol. The molecule has 0 heterocycles. The van der Waals surface area contributed by atoms with Crippen molar-refractivity contribution >= 4 is 11.6 Å². The molecule has 0 fully saturated rings. The summed E-state index contributed by atoms with van der Waals surface area (Å²) in [4.78, 5) is 21.1. The van der Waals surface area contributed by atoms with E-state index in [9.17, 15) is 9.59 Å². The predicted octanol–water partition coefficient (Wildman–Crippen LogP) is 1.50. The third kappa shape index (κ3) is 5.22. The second-order valence-electron chi connectivity index (χ2n) is 2.16. The molecule has 56 valence electrons. The zero-order chi connectivity index (χ0) is 7.98. The minimum atomic E-state index is -0.102. The van der Waals surface area contributed by atoms with E-state index in [1.165, 1.54) is 13.0 Å². The van der Waals surface area contributed by atoms with Gasteiger partial charge in [0.05, 0.1) is 6.42 Å². The molecule has 0 aliphatic heterocycles. The van der Waals surface area contributed by atoms with Crippen LogP contribution in [0.2, 0.25) is 0 Å². The number of Topliss-reactive ketones (excluding diaryl/α,β-unsaturated/α-hetero) is 1. The van der Waals surface area contributed by atoms with Crippen molar-refractivity contribution in [1.29, 1.82) is 0 Å². The van der Waals surface area contributed by atoms with Crippen molar-refractivity contribution < 1.29 is 9.59 Å². The minimum absolute atomic E-state index is 0.0382. The lowest BCUT2D eigenvalue weighted by atomic mass is 10.2. The average Bonchev–Trinajstić information content (AvgIpc) is 1.82. The molecule has 0 aromatic rings. The van der Waals surface area contributed by atoms with Gasteiger partial charge in [-0.25, -0.2) is 0 Å². The smallest absolute Gasteiger partial charge is 0.162 e. The van der Waals surface area contributed by atoms with Crippen LogP contribution >= 0.6 is 0 Å². The Bertz CT molecular complexity index is 157. The molecule has 2 heteroatoms. The Balaban J connectivity index is 3.64. The Morgan fingerprint density at radius 3 is 2.40 bits per heavy atom. The van der Waals surface area contributed by atoms with Crippen molar-refractivity contribution in [2.45, 2.75) is 26.7 Å². The number of hydrogen-bond donors (Lipinski definition) is 0. The van der Waals surface area contributed by atoms with E-state index in [1.54, 1.807) is 6.08 Å². The monoisotopic (exact) mass is 140 g/mol. The van der Waals surface area contributed by atoms with E-state index in [0.717, 1.165) is 6.42 Å². The first-order valence-electron chi connectivity index (χ1n) is 3.35. The minimum Gasteiger partial charge on any atom is -0.300 e. The average molecular weight is 140 g/mol. The van der Waals surface area contributed by atoms with E-state index in [4.69, 9.17) is 0 Å². The summed E-state index contributed by atoms with van der Waals surface area (Å²) in [5.74, 6) is -0.180. The van der Waals surface area contributed by atoms with E-state index in [0.29, 0.717) is 0 Å². The van der Waals surface area contributed by atoms with Crippen molar-refractivity contribution in [3.05, 3.63) is 12.2 Å². The van der Waals surface area contributed by atoms with Gasteiger partial charge in [-0.05, 0) is 19.4 Å². The Kier molecular flexibility index (Phi) is 4.46. The Hall–Kier alpha value is -0.920. The van der Waals surface area contributed by atoms with Gasteiger partial charge >= 0.3 is 0 Å². The molecule has 0 radical (unpaired) electrons. The molecule has 0 spiro atoms. The highest BCUT2D eigenvalue weighted by atomic mass is 16.1. The van der Waals surface area contributed by atoms with Crippen LogP contribution in [0.3, 0.4) is 0 Å². The zero-order valence-electron chi connectivity index (χ0n) is 6.39. The number of carbonyl (C=O) groups is 2. The number of hydrogen-bond acceptors (Lipinski definition) is 2. The highest BCUT2D eigenvalue weighted by Gasteiger charge is 1.98. The number of carbonyl (C=O) groups excluding carboxylic acids is 2. The molecule has 0 amide bonds. The highest BCUT2D eigenvalue weighted by Crippen LogP contribution is 1.88. The van der Waals surface area contributed by atoms with Gasteiger partial charge in [-0.2, -0.15) is 0 Å². The molecular weight excluding hydrogens is 128 g/mol. The standard InChI is InChI=1S/C8H12O2/c1-3-4-5-8(10)6-7(2)9/h4-5H,3,6H2,1-2H3. The van der Waals surface area contributed by atoms with Crippen LogP contribution in [-0.2, 0) is 9.59 Å². The van der Waals surface area contributed by atoms with Crippen molar-refractivity contribution in [3.63, 3.8) is 0 Å². The van der Waals surface area contributed by atoms with Crippen LogP contribution in [0.4, 0.5) is 0 Å². The molecule has 0 atom stereocenters. The van der Waals surface area contributed by atoms with E-state index in [1.807, 2.05) is 6.92 Å². The van der Waals surface area contributed by atoms with Gasteiger partial charge in [0.25, 0.3) is 0 Å². The lowest BCUT2D eigenvalue weighted by molar-refractivity contribution is -0.123. The molecule has 10 heavy (non-hydrogen) atoms. The fourth-order valence-electron chi connectivity index (χ4n) is 0.554. The van der Waals surface area contributed by atoms with Crippen molar-refractivity contribution in [2.24, 2.45) is 0 Å². The summed E-state index contributed by atoms with van der Waals surface area (Å²) in [6.45, 7) is 3.36. The summed E-state index contributed by atoms with van der Waals surface area (Å²) in [7, 11) is 0. The second kappa shape index (κ2) is 4.91. The number of allylic oxidation sites excluding steroid dienone is 2. The van der Waals surface area contributed by atoms with Crippen molar-refractivity contribution in [3.8, 4) is 0 Å². The first-order valence-corrected chi connectivity index (χ1v) is 3.35. The largest absolute Gasteiger partial charge is 0.300 e. The molecule has 0 aliphatic rings. The van der Waals surface area contributed by atoms with Crippen molar-refractivity contribution in [1.82, 2.24) is 0 Å². The van der Waals surface area contributed by atoms with Gasteiger partial charge in [-0.1, -0.05) is 13.0 Å². The fourth-order valence-corrected chi connectivity index (χ4v) is 0.554. The summed E-state index contributed by atoms with van der Waals surface area (Å²) in [6.07, 6.45) is 4.09. The van der Waals surface area contributed by atoms with Crippen LogP contribution in [0, 0.1) is 0 Å². The van der Waals surface area contributed by atoms with Gasteiger partial charge in [-0.3, -0.25) is 9.59 Å². The Labute approximate surface area is 60.9 Å². The molecule has 0 saturated heterocycles. The van der Waals surface area contributed by atoms with Crippen LogP contribution < -0.4 is 0 Å². The van der Waals surface area contributed by atoms with Crippen LogP contribution in [0.1, 0.15) is 26.7 Å².